The predicted molar refractivity (Wildman–Crippen MR) is 167 cm³/mol. The van der Waals surface area contributed by atoms with Gasteiger partial charge < -0.3 is 9.52 Å². The molecule has 3 heteroatoms. The van der Waals surface area contributed by atoms with Crippen molar-refractivity contribution < 1.29 is 9.52 Å². The predicted octanol–water partition coefficient (Wildman–Crippen LogP) is 9.97. The Morgan fingerprint density at radius 1 is 0.525 bits per heavy atom. The molecular weight excluding hydrogens is 556 g/mol. The maximum absolute atomic E-state index is 12.9. The van der Waals surface area contributed by atoms with Crippen LogP contribution in [0.2, 0.25) is 0 Å². The highest BCUT2D eigenvalue weighted by Crippen LogP contribution is 2.44. The summed E-state index contributed by atoms with van der Waals surface area (Å²) in [5.74, 6) is 0. The van der Waals surface area contributed by atoms with Crippen LogP contribution in [0.15, 0.2) is 154 Å². The van der Waals surface area contributed by atoms with Crippen LogP contribution >= 0.6 is 15.9 Å². The Labute approximate surface area is 241 Å². The number of hydrogen-bond acceptors (Lipinski definition) is 2. The molecule has 1 N–H and O–H groups in total. The fraction of sp³-hybridized carbons (Fsp3) is 0.0270. The first-order valence-corrected chi connectivity index (χ1v) is 14.1. The van der Waals surface area contributed by atoms with Crippen LogP contribution in [0.4, 0.5) is 0 Å². The van der Waals surface area contributed by atoms with Gasteiger partial charge in [-0.1, -0.05) is 137 Å². The third-order valence-electron chi connectivity index (χ3n) is 7.66. The molecule has 40 heavy (non-hydrogen) atoms. The van der Waals surface area contributed by atoms with E-state index in [4.69, 9.17) is 4.42 Å². The van der Waals surface area contributed by atoms with Crippen LogP contribution in [0.1, 0.15) is 16.7 Å². The van der Waals surface area contributed by atoms with Gasteiger partial charge in [0, 0.05) is 26.4 Å². The maximum atomic E-state index is 12.9. The summed E-state index contributed by atoms with van der Waals surface area (Å²) in [6.07, 6.45) is 0. The molecule has 6 aromatic carbocycles. The Hall–Kier alpha value is -4.44. The molecule has 0 bridgehead atoms. The molecule has 0 amide bonds. The highest BCUT2D eigenvalue weighted by atomic mass is 79.9. The van der Waals surface area contributed by atoms with Crippen LogP contribution in [0.25, 0.3) is 44.2 Å². The van der Waals surface area contributed by atoms with Crippen LogP contribution < -0.4 is 0 Å². The van der Waals surface area contributed by atoms with Gasteiger partial charge in [0.1, 0.15) is 16.8 Å². The number of halogens is 1. The van der Waals surface area contributed by atoms with Crippen LogP contribution in [0.3, 0.4) is 0 Å². The second-order valence-electron chi connectivity index (χ2n) is 9.99. The molecule has 0 aliphatic rings. The van der Waals surface area contributed by atoms with Gasteiger partial charge in [-0.15, -0.1) is 0 Å². The monoisotopic (exact) mass is 580 g/mol. The zero-order chi connectivity index (χ0) is 27.1. The molecule has 0 spiro atoms. The molecule has 0 fully saturated rings. The van der Waals surface area contributed by atoms with Gasteiger partial charge in [-0.2, -0.15) is 0 Å². The lowest BCUT2D eigenvalue weighted by atomic mass is 9.76. The molecule has 1 atom stereocenters. The van der Waals surface area contributed by atoms with Gasteiger partial charge in [0.25, 0.3) is 0 Å². The zero-order valence-corrected chi connectivity index (χ0v) is 23.2. The fourth-order valence-electron chi connectivity index (χ4n) is 5.72. The van der Waals surface area contributed by atoms with E-state index in [2.05, 4.69) is 70.5 Å². The molecule has 1 unspecified atom stereocenters. The fourth-order valence-corrected chi connectivity index (χ4v) is 5.99. The van der Waals surface area contributed by atoms with Crippen molar-refractivity contribution in [3.63, 3.8) is 0 Å². The first kappa shape index (κ1) is 24.6. The third kappa shape index (κ3) is 4.06. The van der Waals surface area contributed by atoms with Gasteiger partial charge in [-0.3, -0.25) is 0 Å². The van der Waals surface area contributed by atoms with E-state index in [1.54, 1.807) is 0 Å². The Morgan fingerprint density at radius 2 is 1.18 bits per heavy atom. The summed E-state index contributed by atoms with van der Waals surface area (Å²) in [6.45, 7) is 0. The zero-order valence-electron chi connectivity index (χ0n) is 21.6. The molecule has 0 saturated carbocycles. The number of hydrogen-bond donors (Lipinski definition) is 1. The van der Waals surface area contributed by atoms with Crippen molar-refractivity contribution in [3.05, 3.63) is 167 Å². The molecule has 0 aliphatic carbocycles. The van der Waals surface area contributed by atoms with Gasteiger partial charge in [0.05, 0.1) is 0 Å². The van der Waals surface area contributed by atoms with Crippen molar-refractivity contribution in [3.8, 4) is 22.3 Å². The normalized spacial score (nSPS) is 12.9. The summed E-state index contributed by atoms with van der Waals surface area (Å²) in [7, 11) is 0. The van der Waals surface area contributed by atoms with Crippen molar-refractivity contribution in [1.29, 1.82) is 0 Å². The van der Waals surface area contributed by atoms with E-state index in [1.807, 2.05) is 91.0 Å². The second-order valence-corrected chi connectivity index (χ2v) is 10.9. The first-order chi connectivity index (χ1) is 19.6. The number of benzene rings is 6. The van der Waals surface area contributed by atoms with E-state index in [0.29, 0.717) is 0 Å². The second kappa shape index (κ2) is 9.95. The lowest BCUT2D eigenvalue weighted by Gasteiger charge is -2.32. The summed E-state index contributed by atoms with van der Waals surface area (Å²) in [4.78, 5) is 0. The lowest BCUT2D eigenvalue weighted by Crippen LogP contribution is -2.29. The quantitative estimate of drug-likeness (QED) is 0.205. The van der Waals surface area contributed by atoms with Gasteiger partial charge in [0.2, 0.25) is 0 Å². The minimum Gasteiger partial charge on any atom is -0.455 e. The van der Waals surface area contributed by atoms with Crippen LogP contribution in [-0.4, -0.2) is 5.11 Å². The third-order valence-corrected chi connectivity index (χ3v) is 8.19. The highest BCUT2D eigenvalue weighted by Gasteiger charge is 2.36. The molecule has 0 saturated heterocycles. The summed E-state index contributed by atoms with van der Waals surface area (Å²) in [5, 5.41) is 15.1. The van der Waals surface area contributed by atoms with E-state index in [1.165, 1.54) is 0 Å². The van der Waals surface area contributed by atoms with Crippen LogP contribution in [-0.2, 0) is 5.60 Å². The molecule has 2 nitrogen and oxygen atoms in total. The number of fused-ring (bicyclic) bond motifs is 3. The summed E-state index contributed by atoms with van der Waals surface area (Å²) in [5.41, 5.74) is 6.70. The molecule has 192 valence electrons. The SMILES string of the molecule is OC(c1ccc(Br)cc1)(c1cccc(-c2cccc3c2oc2ccccc23)c1)c1ccccc1-c1ccccc1. The first-order valence-electron chi connectivity index (χ1n) is 13.3. The van der Waals surface area contributed by atoms with Crippen molar-refractivity contribution >= 4 is 37.9 Å². The number of furan rings is 1. The molecule has 7 aromatic rings. The largest absolute Gasteiger partial charge is 0.455 e. The maximum Gasteiger partial charge on any atom is 0.143 e. The molecule has 1 aromatic heterocycles. The van der Waals surface area contributed by atoms with Gasteiger partial charge >= 0.3 is 0 Å². The Kier molecular flexibility index (Phi) is 6.11. The van der Waals surface area contributed by atoms with Crippen molar-refractivity contribution in [2.75, 3.05) is 0 Å². The van der Waals surface area contributed by atoms with Crippen molar-refractivity contribution in [1.82, 2.24) is 0 Å². The standard InChI is InChI=1S/C37H25BrO2/c38-29-22-20-27(21-23-29)37(39,34-18-6-4-14-30(34)25-10-2-1-3-11-25)28-13-8-12-26(24-28)31-16-9-17-33-32-15-5-7-19-35(32)40-36(31)33/h1-24,39H. The molecule has 0 aliphatic heterocycles. The molecule has 0 radical (unpaired) electrons. The van der Waals surface area contributed by atoms with Crippen LogP contribution in [0, 0.1) is 0 Å². The molecular formula is C37H25BrO2. The highest BCUT2D eigenvalue weighted by molar-refractivity contribution is 9.10. The smallest absolute Gasteiger partial charge is 0.143 e. The summed E-state index contributed by atoms with van der Waals surface area (Å²) < 4.78 is 7.31. The Balaban J connectivity index is 1.47. The van der Waals surface area contributed by atoms with E-state index in [9.17, 15) is 5.11 Å². The number of para-hydroxylation sites is 2. The Bertz CT molecular complexity index is 1970. The van der Waals surface area contributed by atoms with Crippen molar-refractivity contribution in [2.24, 2.45) is 0 Å². The van der Waals surface area contributed by atoms with E-state index in [0.717, 1.165) is 65.4 Å². The van der Waals surface area contributed by atoms with Gasteiger partial charge in [0.15, 0.2) is 0 Å². The minimum absolute atomic E-state index is 0.781. The Morgan fingerprint density at radius 3 is 2.02 bits per heavy atom. The average molecular weight is 582 g/mol. The molecule has 1 heterocycles. The van der Waals surface area contributed by atoms with Crippen LogP contribution in [0.5, 0.6) is 0 Å². The van der Waals surface area contributed by atoms with E-state index < -0.39 is 5.60 Å². The molecule has 7 rings (SSSR count). The van der Waals surface area contributed by atoms with Gasteiger partial charge in [-0.05, 0) is 52.1 Å². The average Bonchev–Trinajstić information content (AvgIpc) is 3.40. The topological polar surface area (TPSA) is 33.4 Å². The number of aliphatic hydroxyl groups is 1. The minimum atomic E-state index is -1.41. The summed E-state index contributed by atoms with van der Waals surface area (Å²) >= 11 is 3.56. The van der Waals surface area contributed by atoms with Gasteiger partial charge in [-0.25, -0.2) is 0 Å². The van der Waals surface area contributed by atoms with E-state index in [-0.39, 0.29) is 0 Å². The summed E-state index contributed by atoms with van der Waals surface area (Å²) in [6, 6.07) is 48.8. The lowest BCUT2D eigenvalue weighted by molar-refractivity contribution is 0.126. The van der Waals surface area contributed by atoms with E-state index >= 15 is 0 Å². The number of rotatable bonds is 5. The van der Waals surface area contributed by atoms with Crippen molar-refractivity contribution in [2.45, 2.75) is 5.60 Å².